The van der Waals surface area contributed by atoms with Gasteiger partial charge in [-0.2, -0.15) is 14.7 Å². The first kappa shape index (κ1) is 8.84. The van der Waals surface area contributed by atoms with Gasteiger partial charge in [-0.25, -0.2) is 9.89 Å². The van der Waals surface area contributed by atoms with Crippen LogP contribution in [-0.4, -0.2) is 19.8 Å². The lowest BCUT2D eigenvalue weighted by Gasteiger charge is -1.99. The van der Waals surface area contributed by atoms with Gasteiger partial charge in [0.2, 0.25) is 0 Å². The monoisotopic (exact) mass is 212 g/mol. The summed E-state index contributed by atoms with van der Waals surface area (Å²) in [6.07, 6.45) is 0. The van der Waals surface area contributed by atoms with E-state index in [9.17, 15) is 4.79 Å². The number of nitrogens with one attached hydrogen (secondary N) is 1. The van der Waals surface area contributed by atoms with Crippen LogP contribution < -0.4 is 5.69 Å². The number of benzene rings is 1. The van der Waals surface area contributed by atoms with Crippen LogP contribution in [-0.2, 0) is 0 Å². The fraction of sp³-hybridized carbons (Fsp3) is 0. The lowest BCUT2D eigenvalue weighted by Crippen LogP contribution is -2.12. The highest BCUT2D eigenvalue weighted by Crippen LogP contribution is 2.15. The molecule has 0 aliphatic rings. The summed E-state index contributed by atoms with van der Waals surface area (Å²) in [6, 6.07) is 13.3. The molecule has 5 nitrogen and oxygen atoms in total. The van der Waals surface area contributed by atoms with E-state index in [2.05, 4.69) is 15.3 Å². The predicted molar refractivity (Wildman–Crippen MR) is 59.0 cm³/mol. The van der Waals surface area contributed by atoms with Crippen LogP contribution >= 0.6 is 0 Å². The Labute approximate surface area is 90.4 Å². The Bertz CT molecular complexity index is 684. The van der Waals surface area contributed by atoms with Crippen molar-refractivity contribution < 1.29 is 0 Å². The van der Waals surface area contributed by atoms with Crippen LogP contribution in [0.4, 0.5) is 0 Å². The van der Waals surface area contributed by atoms with Crippen LogP contribution in [0.3, 0.4) is 0 Å². The Hall–Kier alpha value is -2.43. The molecule has 0 atom stereocenters. The molecule has 0 saturated carbocycles. The number of hydrogen-bond acceptors (Lipinski definition) is 3. The first-order valence-electron chi connectivity index (χ1n) is 4.84. The third kappa shape index (κ3) is 1.30. The van der Waals surface area contributed by atoms with Crippen molar-refractivity contribution in [3.05, 3.63) is 52.9 Å². The summed E-state index contributed by atoms with van der Waals surface area (Å²) in [6.45, 7) is 0. The van der Waals surface area contributed by atoms with Gasteiger partial charge in [0.1, 0.15) is 0 Å². The summed E-state index contributed by atoms with van der Waals surface area (Å²) in [4.78, 5) is 11.3. The highest BCUT2D eigenvalue weighted by atomic mass is 16.2. The molecule has 0 saturated heterocycles. The van der Waals surface area contributed by atoms with E-state index in [0.717, 1.165) is 11.3 Å². The zero-order valence-electron chi connectivity index (χ0n) is 8.29. The van der Waals surface area contributed by atoms with Crippen molar-refractivity contribution in [3.63, 3.8) is 0 Å². The van der Waals surface area contributed by atoms with Crippen molar-refractivity contribution >= 4 is 5.65 Å². The van der Waals surface area contributed by atoms with Crippen LogP contribution in [0, 0.1) is 0 Å². The third-order valence-corrected chi connectivity index (χ3v) is 2.34. The van der Waals surface area contributed by atoms with E-state index in [1.807, 2.05) is 36.4 Å². The number of fused-ring (bicyclic) bond motifs is 1. The normalized spacial score (nSPS) is 10.8. The molecule has 0 aliphatic heterocycles. The minimum atomic E-state index is -0.326. The summed E-state index contributed by atoms with van der Waals surface area (Å²) >= 11 is 0. The van der Waals surface area contributed by atoms with Crippen LogP contribution in [0.5, 0.6) is 0 Å². The van der Waals surface area contributed by atoms with Gasteiger partial charge < -0.3 is 0 Å². The minimum absolute atomic E-state index is 0.326. The number of aromatic amines is 1. The summed E-state index contributed by atoms with van der Waals surface area (Å²) in [5.41, 5.74) is 1.91. The van der Waals surface area contributed by atoms with Gasteiger partial charge in [-0.15, -0.1) is 0 Å². The third-order valence-electron chi connectivity index (χ3n) is 2.34. The van der Waals surface area contributed by atoms with Crippen molar-refractivity contribution in [2.75, 3.05) is 0 Å². The second kappa shape index (κ2) is 3.30. The molecule has 0 bridgehead atoms. The van der Waals surface area contributed by atoms with E-state index in [4.69, 9.17) is 0 Å². The van der Waals surface area contributed by atoms with Crippen molar-refractivity contribution in [2.45, 2.75) is 0 Å². The van der Waals surface area contributed by atoms with E-state index in [0.29, 0.717) is 5.65 Å². The molecule has 2 aromatic heterocycles. The lowest BCUT2D eigenvalue weighted by molar-refractivity contribution is 0.885. The van der Waals surface area contributed by atoms with E-state index in [-0.39, 0.29) is 5.69 Å². The van der Waals surface area contributed by atoms with E-state index in [1.54, 1.807) is 6.07 Å². The smallest absolute Gasteiger partial charge is 0.244 e. The van der Waals surface area contributed by atoms with Gasteiger partial charge >= 0.3 is 5.69 Å². The zero-order chi connectivity index (χ0) is 11.0. The maximum Gasteiger partial charge on any atom is 0.364 e. The largest absolute Gasteiger partial charge is 0.364 e. The summed E-state index contributed by atoms with van der Waals surface area (Å²) in [5.74, 6) is 0. The number of rotatable bonds is 1. The molecule has 0 fully saturated rings. The SMILES string of the molecule is O=c1[nH]nc2ccc(-c3ccccc3)nn12. The molecule has 78 valence electrons. The fourth-order valence-electron chi connectivity index (χ4n) is 1.57. The van der Waals surface area contributed by atoms with Crippen molar-refractivity contribution in [3.8, 4) is 11.3 Å². The second-order valence-electron chi connectivity index (χ2n) is 3.38. The number of hydrogen-bond donors (Lipinski definition) is 1. The van der Waals surface area contributed by atoms with Crippen molar-refractivity contribution in [1.82, 2.24) is 19.8 Å². The molecule has 5 heteroatoms. The molecular formula is C11H8N4O. The lowest BCUT2D eigenvalue weighted by atomic mass is 10.1. The number of nitrogens with zero attached hydrogens (tertiary/aromatic N) is 3. The Morgan fingerprint density at radius 3 is 2.69 bits per heavy atom. The summed E-state index contributed by atoms with van der Waals surface area (Å²) in [7, 11) is 0. The first-order chi connectivity index (χ1) is 7.84. The van der Waals surface area contributed by atoms with Crippen LogP contribution in [0.2, 0.25) is 0 Å². The summed E-state index contributed by atoms with van der Waals surface area (Å²) < 4.78 is 1.25. The van der Waals surface area contributed by atoms with E-state index in [1.165, 1.54) is 4.52 Å². The molecule has 0 aliphatic carbocycles. The standard InChI is InChI=1S/C11H8N4O/c16-11-13-12-10-7-6-9(14-15(10)11)8-4-2-1-3-5-8/h1-7H,(H,13,16). The van der Waals surface area contributed by atoms with Gasteiger partial charge in [-0.05, 0) is 12.1 Å². The van der Waals surface area contributed by atoms with Crippen molar-refractivity contribution in [1.29, 1.82) is 0 Å². The van der Waals surface area contributed by atoms with Gasteiger partial charge in [0.25, 0.3) is 0 Å². The molecular weight excluding hydrogens is 204 g/mol. The topological polar surface area (TPSA) is 63.0 Å². The number of H-pyrrole nitrogens is 1. The minimum Gasteiger partial charge on any atom is -0.244 e. The summed E-state index contributed by atoms with van der Waals surface area (Å²) in [5, 5.41) is 10.4. The second-order valence-corrected chi connectivity index (χ2v) is 3.38. The van der Waals surface area contributed by atoms with Gasteiger partial charge in [0, 0.05) is 5.56 Å². The molecule has 0 spiro atoms. The maximum absolute atomic E-state index is 11.3. The molecule has 0 radical (unpaired) electrons. The quantitative estimate of drug-likeness (QED) is 0.656. The average Bonchev–Trinajstić information content (AvgIpc) is 2.72. The van der Waals surface area contributed by atoms with Gasteiger partial charge in [0.05, 0.1) is 5.69 Å². The maximum atomic E-state index is 11.3. The van der Waals surface area contributed by atoms with Gasteiger partial charge in [0.15, 0.2) is 5.65 Å². The van der Waals surface area contributed by atoms with Crippen LogP contribution in [0.15, 0.2) is 47.3 Å². The number of aromatic nitrogens is 4. The highest BCUT2D eigenvalue weighted by Gasteiger charge is 2.03. The van der Waals surface area contributed by atoms with Gasteiger partial charge in [-0.3, -0.25) is 0 Å². The van der Waals surface area contributed by atoms with Gasteiger partial charge in [-0.1, -0.05) is 30.3 Å². The fourth-order valence-corrected chi connectivity index (χ4v) is 1.57. The van der Waals surface area contributed by atoms with Crippen LogP contribution in [0.25, 0.3) is 16.9 Å². The van der Waals surface area contributed by atoms with E-state index >= 15 is 0 Å². The zero-order valence-corrected chi connectivity index (χ0v) is 8.29. The molecule has 1 aromatic carbocycles. The molecule has 3 rings (SSSR count). The predicted octanol–water partition coefficient (Wildman–Crippen LogP) is 1.08. The molecule has 2 heterocycles. The Balaban J connectivity index is 2.26. The molecule has 16 heavy (non-hydrogen) atoms. The van der Waals surface area contributed by atoms with E-state index < -0.39 is 0 Å². The Morgan fingerprint density at radius 1 is 1.06 bits per heavy atom. The average molecular weight is 212 g/mol. The first-order valence-corrected chi connectivity index (χ1v) is 4.84. The highest BCUT2D eigenvalue weighted by molar-refractivity contribution is 5.59. The Kier molecular flexibility index (Phi) is 1.83. The van der Waals surface area contributed by atoms with Crippen molar-refractivity contribution in [2.24, 2.45) is 0 Å². The van der Waals surface area contributed by atoms with Crippen LogP contribution in [0.1, 0.15) is 0 Å². The molecule has 0 amide bonds. The Morgan fingerprint density at radius 2 is 1.88 bits per heavy atom. The molecule has 1 N–H and O–H groups in total. The molecule has 0 unspecified atom stereocenters. The molecule has 3 aromatic rings.